The minimum atomic E-state index is 0.628. The maximum Gasteiger partial charge on any atom is 0.157 e. The smallest absolute Gasteiger partial charge is 0.157 e. The summed E-state index contributed by atoms with van der Waals surface area (Å²) in [6.45, 7) is 8.41. The van der Waals surface area contributed by atoms with Gasteiger partial charge in [0.1, 0.15) is 23.8 Å². The molecule has 1 N–H and O–H groups in total. The average molecular weight is 264 g/mol. The first kappa shape index (κ1) is 13.2. The Labute approximate surface area is 112 Å². The quantitative estimate of drug-likeness (QED) is 0.795. The summed E-state index contributed by atoms with van der Waals surface area (Å²) in [5, 5.41) is 9.16. The Hall–Kier alpha value is -1.22. The van der Waals surface area contributed by atoms with Crippen LogP contribution < -0.4 is 4.90 Å². The van der Waals surface area contributed by atoms with Crippen molar-refractivity contribution in [1.82, 2.24) is 4.57 Å². The van der Waals surface area contributed by atoms with Crippen LogP contribution in [0.1, 0.15) is 16.8 Å². The third-order valence-electron chi connectivity index (χ3n) is 3.40. The van der Waals surface area contributed by atoms with Crippen molar-refractivity contribution in [3.8, 4) is 6.07 Å². The second kappa shape index (κ2) is 5.61. The lowest BCUT2D eigenvalue weighted by Gasteiger charge is -2.25. The van der Waals surface area contributed by atoms with E-state index in [9.17, 15) is 0 Å². The van der Waals surface area contributed by atoms with Crippen LogP contribution >= 0.6 is 12.2 Å². The first-order valence-corrected chi connectivity index (χ1v) is 6.56. The Kier molecular flexibility index (Phi) is 4.12. The summed E-state index contributed by atoms with van der Waals surface area (Å²) in [5.41, 5.74) is 2.71. The van der Waals surface area contributed by atoms with E-state index in [0.717, 1.165) is 44.2 Å². The lowest BCUT2D eigenvalue weighted by molar-refractivity contribution is -0.930. The Bertz CT molecular complexity index is 538. The first-order valence-electron chi connectivity index (χ1n) is 6.16. The molecular weight excluding hydrogens is 246 g/mol. The molecule has 0 spiro atoms. The third kappa shape index (κ3) is 2.61. The van der Waals surface area contributed by atoms with E-state index in [2.05, 4.69) is 10.6 Å². The van der Waals surface area contributed by atoms with E-state index in [0.29, 0.717) is 10.2 Å². The van der Waals surface area contributed by atoms with Crippen molar-refractivity contribution >= 4 is 12.2 Å². The second-order valence-electron chi connectivity index (χ2n) is 4.71. The second-order valence-corrected chi connectivity index (χ2v) is 5.10. The molecule has 1 saturated heterocycles. The van der Waals surface area contributed by atoms with Crippen LogP contribution in [0.2, 0.25) is 0 Å². The van der Waals surface area contributed by atoms with Gasteiger partial charge in [-0.2, -0.15) is 5.26 Å². The number of aromatic nitrogens is 1. The number of nitriles is 1. The Morgan fingerprint density at radius 2 is 2.11 bits per heavy atom. The first-order chi connectivity index (χ1) is 8.63. The largest absolute Gasteiger partial charge is 0.370 e. The maximum absolute atomic E-state index is 9.16. The van der Waals surface area contributed by atoms with Crippen molar-refractivity contribution in [2.75, 3.05) is 26.3 Å². The normalized spacial score (nSPS) is 16.5. The van der Waals surface area contributed by atoms with E-state index in [-0.39, 0.29) is 0 Å². The van der Waals surface area contributed by atoms with Gasteiger partial charge in [0.15, 0.2) is 6.67 Å². The van der Waals surface area contributed by atoms with Gasteiger partial charge in [0, 0.05) is 5.69 Å². The van der Waals surface area contributed by atoms with Crippen molar-refractivity contribution in [2.45, 2.75) is 20.5 Å². The Balaban J connectivity index is 2.33. The summed E-state index contributed by atoms with van der Waals surface area (Å²) >= 11 is 5.43. The van der Waals surface area contributed by atoms with E-state index in [1.54, 1.807) is 0 Å². The van der Waals surface area contributed by atoms with Crippen molar-refractivity contribution in [1.29, 1.82) is 5.26 Å². The van der Waals surface area contributed by atoms with Crippen molar-refractivity contribution in [2.24, 2.45) is 0 Å². The van der Waals surface area contributed by atoms with Crippen LogP contribution in [0.3, 0.4) is 0 Å². The lowest BCUT2D eigenvalue weighted by Crippen LogP contribution is -3.13. The fourth-order valence-electron chi connectivity index (χ4n) is 2.30. The lowest BCUT2D eigenvalue weighted by atomic mass is 10.1. The van der Waals surface area contributed by atoms with E-state index in [1.165, 1.54) is 4.90 Å². The van der Waals surface area contributed by atoms with Gasteiger partial charge in [-0.15, -0.1) is 0 Å². The Morgan fingerprint density at radius 1 is 1.44 bits per heavy atom. The van der Waals surface area contributed by atoms with Crippen LogP contribution in [0.15, 0.2) is 6.07 Å². The number of ether oxygens (including phenoxy) is 1. The number of nitrogens with one attached hydrogen (secondary N) is 1. The summed E-state index contributed by atoms with van der Waals surface area (Å²) in [6, 6.07) is 4.25. The molecule has 18 heavy (non-hydrogen) atoms. The molecule has 4 nitrogen and oxygen atoms in total. The monoisotopic (exact) mass is 264 g/mol. The molecule has 0 unspecified atom stereocenters. The molecule has 1 aromatic heterocycles. The number of rotatable bonds is 2. The molecule has 2 heterocycles. The van der Waals surface area contributed by atoms with Gasteiger partial charge in [-0.05, 0) is 25.5 Å². The Morgan fingerprint density at radius 3 is 2.72 bits per heavy atom. The molecule has 5 heteroatoms. The molecule has 0 amide bonds. The molecule has 0 atom stereocenters. The summed E-state index contributed by atoms with van der Waals surface area (Å²) in [6.07, 6.45) is 0. The summed E-state index contributed by atoms with van der Waals surface area (Å²) < 4.78 is 8.09. The van der Waals surface area contributed by atoms with Gasteiger partial charge < -0.3 is 9.64 Å². The van der Waals surface area contributed by atoms with Gasteiger partial charge in [-0.3, -0.25) is 4.57 Å². The van der Waals surface area contributed by atoms with E-state index < -0.39 is 0 Å². The number of morpholine rings is 1. The standard InChI is InChI=1S/C13H17N3OS/c1-10-7-11(2)16(13(18)12(10)8-14)9-15-3-5-17-6-4-15/h7H,3-6,9H2,1-2H3/p+1. The highest BCUT2D eigenvalue weighted by Gasteiger charge is 2.16. The predicted molar refractivity (Wildman–Crippen MR) is 71.0 cm³/mol. The van der Waals surface area contributed by atoms with Gasteiger partial charge in [-0.1, -0.05) is 12.2 Å². The SMILES string of the molecule is Cc1cc(C)n(C[NH+]2CCOCC2)c(=S)c1C#N. The zero-order chi connectivity index (χ0) is 13.1. The van der Waals surface area contributed by atoms with Crippen LogP contribution in [0.25, 0.3) is 0 Å². The third-order valence-corrected chi connectivity index (χ3v) is 3.82. The fraction of sp³-hybridized carbons (Fsp3) is 0.538. The van der Waals surface area contributed by atoms with E-state index >= 15 is 0 Å². The molecule has 96 valence electrons. The van der Waals surface area contributed by atoms with Gasteiger partial charge in [0.05, 0.1) is 18.8 Å². The van der Waals surface area contributed by atoms with Crippen LogP contribution in [-0.2, 0) is 11.4 Å². The van der Waals surface area contributed by atoms with Crippen LogP contribution in [0, 0.1) is 29.8 Å². The van der Waals surface area contributed by atoms with Crippen molar-refractivity contribution in [3.63, 3.8) is 0 Å². The number of pyridine rings is 1. The summed E-state index contributed by atoms with van der Waals surface area (Å²) in [5.74, 6) is 0. The highest BCUT2D eigenvalue weighted by molar-refractivity contribution is 7.71. The van der Waals surface area contributed by atoms with Crippen molar-refractivity contribution in [3.05, 3.63) is 27.5 Å². The topological polar surface area (TPSA) is 42.4 Å². The van der Waals surface area contributed by atoms with Crippen LogP contribution in [0.4, 0.5) is 0 Å². The molecule has 1 aliphatic heterocycles. The summed E-state index contributed by atoms with van der Waals surface area (Å²) in [7, 11) is 0. The molecule has 0 radical (unpaired) electrons. The van der Waals surface area contributed by atoms with Crippen LogP contribution in [-0.4, -0.2) is 30.9 Å². The fourth-order valence-corrected chi connectivity index (χ4v) is 2.72. The molecule has 0 saturated carbocycles. The number of aryl methyl sites for hydroxylation is 2. The van der Waals surface area contributed by atoms with Gasteiger partial charge in [0.25, 0.3) is 0 Å². The number of hydrogen-bond donors (Lipinski definition) is 1. The minimum absolute atomic E-state index is 0.628. The zero-order valence-corrected chi connectivity index (χ0v) is 11.6. The molecular formula is C13H18N3OS+. The summed E-state index contributed by atoms with van der Waals surface area (Å²) in [4.78, 5) is 1.45. The molecule has 0 aliphatic carbocycles. The molecule has 2 rings (SSSR count). The van der Waals surface area contributed by atoms with Crippen LogP contribution in [0.5, 0.6) is 0 Å². The van der Waals surface area contributed by atoms with Crippen molar-refractivity contribution < 1.29 is 9.64 Å². The van der Waals surface area contributed by atoms with Gasteiger partial charge in [0.2, 0.25) is 0 Å². The maximum atomic E-state index is 9.16. The number of hydrogen-bond acceptors (Lipinski definition) is 3. The molecule has 0 aromatic carbocycles. The minimum Gasteiger partial charge on any atom is -0.370 e. The number of quaternary nitrogens is 1. The zero-order valence-electron chi connectivity index (χ0n) is 10.8. The molecule has 1 aromatic rings. The number of nitrogens with zero attached hydrogens (tertiary/aromatic N) is 2. The average Bonchev–Trinajstić information content (AvgIpc) is 2.36. The highest BCUT2D eigenvalue weighted by Crippen LogP contribution is 2.12. The molecule has 1 aliphatic rings. The van der Waals surface area contributed by atoms with Gasteiger partial charge >= 0.3 is 0 Å². The molecule has 0 bridgehead atoms. The van der Waals surface area contributed by atoms with E-state index in [1.807, 2.05) is 19.9 Å². The molecule has 1 fully saturated rings. The van der Waals surface area contributed by atoms with Gasteiger partial charge in [-0.25, -0.2) is 0 Å². The predicted octanol–water partition coefficient (Wildman–Crippen LogP) is 0.579. The highest BCUT2D eigenvalue weighted by atomic mass is 32.1. The van der Waals surface area contributed by atoms with E-state index in [4.69, 9.17) is 22.2 Å².